The number of ether oxygens (including phenoxy) is 1. The van der Waals surface area contributed by atoms with E-state index in [4.69, 9.17) is 4.74 Å². The molecular weight excluding hydrogens is 244 g/mol. The molecule has 2 fully saturated rings. The normalized spacial score (nSPS) is 33.9. The van der Waals surface area contributed by atoms with Gasteiger partial charge in [-0.05, 0) is 62.1 Å². The van der Waals surface area contributed by atoms with E-state index >= 15 is 0 Å². The molecule has 1 saturated heterocycles. The van der Waals surface area contributed by atoms with Gasteiger partial charge in [-0.3, -0.25) is 0 Å². The molecule has 3 rings (SSSR count). The van der Waals surface area contributed by atoms with Crippen LogP contribution in [0.4, 0.5) is 0 Å². The quantitative estimate of drug-likeness (QED) is 0.643. The van der Waals surface area contributed by atoms with Crippen LogP contribution in [0.1, 0.15) is 55.4 Å². The Morgan fingerprint density at radius 3 is 2.80 bits per heavy atom. The molecule has 0 spiro atoms. The maximum absolute atomic E-state index is 6.49. The summed E-state index contributed by atoms with van der Waals surface area (Å²) >= 11 is 0. The summed E-state index contributed by atoms with van der Waals surface area (Å²) in [6.45, 7) is 11.1. The molecule has 0 amide bonds. The van der Waals surface area contributed by atoms with Gasteiger partial charge in [0.1, 0.15) is 0 Å². The highest BCUT2D eigenvalue weighted by Gasteiger charge is 2.38. The molecule has 1 aromatic carbocycles. The number of fused-ring (bicyclic) bond motifs is 1. The molecule has 1 aliphatic carbocycles. The Morgan fingerprint density at radius 1 is 1.20 bits per heavy atom. The number of aryl methyl sites for hydroxylation is 1. The average molecular weight is 270 g/mol. The maximum atomic E-state index is 6.49. The Labute approximate surface area is 123 Å². The molecule has 1 aliphatic heterocycles. The molecule has 0 unspecified atom stereocenters. The molecule has 1 aromatic rings. The van der Waals surface area contributed by atoms with E-state index in [1.807, 2.05) is 0 Å². The predicted molar refractivity (Wildman–Crippen MR) is 83.8 cm³/mol. The highest BCUT2D eigenvalue weighted by atomic mass is 16.5. The van der Waals surface area contributed by atoms with Gasteiger partial charge in [0.25, 0.3) is 0 Å². The second-order valence-electron chi connectivity index (χ2n) is 6.84. The molecule has 1 saturated carbocycles. The summed E-state index contributed by atoms with van der Waals surface area (Å²) in [5.41, 5.74) is 5.52. The molecule has 20 heavy (non-hydrogen) atoms. The molecule has 1 heteroatoms. The van der Waals surface area contributed by atoms with Crippen molar-refractivity contribution in [2.24, 2.45) is 11.8 Å². The van der Waals surface area contributed by atoms with Crippen LogP contribution in [0.2, 0.25) is 0 Å². The lowest BCUT2D eigenvalue weighted by Gasteiger charge is -2.43. The van der Waals surface area contributed by atoms with Crippen LogP contribution in [0.3, 0.4) is 0 Å². The molecule has 1 heterocycles. The molecular formula is C19H26O. The minimum atomic E-state index is 0.217. The average Bonchev–Trinajstić information content (AvgIpc) is 2.41. The van der Waals surface area contributed by atoms with E-state index in [0.29, 0.717) is 12.0 Å². The first-order chi connectivity index (χ1) is 9.56. The molecule has 4 atom stereocenters. The number of benzene rings is 1. The molecule has 0 aromatic heterocycles. The number of hydrogen-bond acceptors (Lipinski definition) is 1. The van der Waals surface area contributed by atoms with Crippen molar-refractivity contribution in [2.75, 3.05) is 0 Å². The van der Waals surface area contributed by atoms with Crippen LogP contribution in [0, 0.1) is 25.7 Å². The largest absolute Gasteiger partial charge is 0.369 e. The summed E-state index contributed by atoms with van der Waals surface area (Å²) in [6, 6.07) is 6.56. The molecule has 0 N–H and O–H groups in total. The van der Waals surface area contributed by atoms with Gasteiger partial charge in [-0.1, -0.05) is 37.3 Å². The van der Waals surface area contributed by atoms with E-state index in [2.05, 4.69) is 45.5 Å². The summed E-state index contributed by atoms with van der Waals surface area (Å²) in [4.78, 5) is 0. The van der Waals surface area contributed by atoms with E-state index < -0.39 is 0 Å². The van der Waals surface area contributed by atoms with E-state index in [0.717, 1.165) is 12.3 Å². The van der Waals surface area contributed by atoms with Crippen molar-refractivity contribution in [1.82, 2.24) is 0 Å². The Balaban J connectivity index is 1.85. The van der Waals surface area contributed by atoms with Gasteiger partial charge in [0, 0.05) is 5.92 Å². The van der Waals surface area contributed by atoms with Gasteiger partial charge in [0.05, 0.1) is 12.2 Å². The summed E-state index contributed by atoms with van der Waals surface area (Å²) in [5.74, 6) is 1.40. The second-order valence-corrected chi connectivity index (χ2v) is 6.84. The third-order valence-corrected chi connectivity index (χ3v) is 5.36. The Hall–Kier alpha value is -1.08. The van der Waals surface area contributed by atoms with Gasteiger partial charge < -0.3 is 4.74 Å². The Bertz CT molecular complexity index is 516. The molecule has 108 valence electrons. The fourth-order valence-corrected chi connectivity index (χ4v) is 3.90. The Kier molecular flexibility index (Phi) is 3.72. The van der Waals surface area contributed by atoms with E-state index in [-0.39, 0.29) is 6.10 Å². The van der Waals surface area contributed by atoms with Crippen molar-refractivity contribution in [3.05, 3.63) is 47.0 Å². The zero-order chi connectivity index (χ0) is 14.3. The van der Waals surface area contributed by atoms with Gasteiger partial charge in [0.2, 0.25) is 0 Å². The first-order valence-corrected chi connectivity index (χ1v) is 7.95. The topological polar surface area (TPSA) is 9.23 Å². The standard InChI is InChI=1S/C19H26O/c1-12-8-9-16-14(3)11-19(20-18(16)10-12)17-7-5-6-13(2)15(17)4/h5-7,12,16,18-19H,3,8-11H2,1-2,4H3/t12-,16+,18-,19-/m0/s1. The maximum Gasteiger partial charge on any atom is 0.0868 e. The summed E-state index contributed by atoms with van der Waals surface area (Å²) in [6.07, 6.45) is 5.41. The van der Waals surface area contributed by atoms with Crippen LogP contribution in [0.5, 0.6) is 0 Å². The second kappa shape index (κ2) is 5.37. The van der Waals surface area contributed by atoms with Crippen molar-refractivity contribution in [2.45, 2.75) is 58.7 Å². The summed E-state index contributed by atoms with van der Waals surface area (Å²) in [5, 5.41) is 0. The summed E-state index contributed by atoms with van der Waals surface area (Å²) < 4.78 is 6.49. The molecule has 2 aliphatic rings. The van der Waals surface area contributed by atoms with Gasteiger partial charge in [-0.2, -0.15) is 0 Å². The van der Waals surface area contributed by atoms with Crippen molar-refractivity contribution >= 4 is 0 Å². The van der Waals surface area contributed by atoms with Crippen LogP contribution in [0.15, 0.2) is 30.4 Å². The fraction of sp³-hybridized carbons (Fsp3) is 0.579. The summed E-state index contributed by atoms with van der Waals surface area (Å²) in [7, 11) is 0. The molecule has 0 bridgehead atoms. The van der Waals surface area contributed by atoms with Crippen molar-refractivity contribution < 1.29 is 4.74 Å². The molecule has 0 radical (unpaired) electrons. The first-order valence-electron chi connectivity index (χ1n) is 7.95. The fourth-order valence-electron chi connectivity index (χ4n) is 3.90. The van der Waals surface area contributed by atoms with Crippen LogP contribution in [0.25, 0.3) is 0 Å². The minimum absolute atomic E-state index is 0.217. The van der Waals surface area contributed by atoms with E-state index in [9.17, 15) is 0 Å². The zero-order valence-electron chi connectivity index (χ0n) is 13.0. The van der Waals surface area contributed by atoms with Gasteiger partial charge >= 0.3 is 0 Å². The third-order valence-electron chi connectivity index (χ3n) is 5.36. The van der Waals surface area contributed by atoms with Crippen molar-refractivity contribution in [3.63, 3.8) is 0 Å². The molecule has 1 nitrogen and oxygen atoms in total. The highest BCUT2D eigenvalue weighted by molar-refractivity contribution is 5.36. The Morgan fingerprint density at radius 2 is 2.00 bits per heavy atom. The van der Waals surface area contributed by atoms with Gasteiger partial charge in [0.15, 0.2) is 0 Å². The van der Waals surface area contributed by atoms with Gasteiger partial charge in [-0.25, -0.2) is 0 Å². The minimum Gasteiger partial charge on any atom is -0.369 e. The number of rotatable bonds is 1. The third kappa shape index (κ3) is 2.44. The predicted octanol–water partition coefficient (Wildman–Crippen LogP) is 5.13. The zero-order valence-corrected chi connectivity index (χ0v) is 13.0. The van der Waals surface area contributed by atoms with E-state index in [1.54, 1.807) is 0 Å². The van der Waals surface area contributed by atoms with Gasteiger partial charge in [-0.15, -0.1) is 0 Å². The van der Waals surface area contributed by atoms with Crippen molar-refractivity contribution in [3.8, 4) is 0 Å². The lowest BCUT2D eigenvalue weighted by atomic mass is 9.73. The first kappa shape index (κ1) is 13.9. The monoisotopic (exact) mass is 270 g/mol. The lowest BCUT2D eigenvalue weighted by Crippen LogP contribution is -2.37. The highest BCUT2D eigenvalue weighted by Crippen LogP contribution is 2.45. The van der Waals surface area contributed by atoms with Crippen molar-refractivity contribution in [1.29, 1.82) is 0 Å². The van der Waals surface area contributed by atoms with Crippen LogP contribution < -0.4 is 0 Å². The van der Waals surface area contributed by atoms with Crippen LogP contribution >= 0.6 is 0 Å². The SMILES string of the molecule is C=C1C[C@@H](c2cccc(C)c2C)O[C@H]2C[C@@H](C)CC[C@H]12. The van der Waals surface area contributed by atoms with E-state index in [1.165, 1.54) is 41.5 Å². The smallest absolute Gasteiger partial charge is 0.0868 e. The van der Waals surface area contributed by atoms with Crippen LogP contribution in [-0.2, 0) is 4.74 Å². The lowest BCUT2D eigenvalue weighted by molar-refractivity contribution is -0.0859. The van der Waals surface area contributed by atoms with Crippen LogP contribution in [-0.4, -0.2) is 6.10 Å². The number of hydrogen-bond donors (Lipinski definition) is 0.